The van der Waals surface area contributed by atoms with Crippen molar-refractivity contribution in [3.63, 3.8) is 0 Å². The summed E-state index contributed by atoms with van der Waals surface area (Å²) in [5, 5.41) is 12.8. The van der Waals surface area contributed by atoms with E-state index in [1.165, 1.54) is 11.3 Å². The van der Waals surface area contributed by atoms with Gasteiger partial charge in [-0.15, -0.1) is 21.5 Å². The third-order valence-electron chi connectivity index (χ3n) is 4.54. The minimum Gasteiger partial charge on any atom is -0.495 e. The Labute approximate surface area is 191 Å². The highest BCUT2D eigenvalue weighted by Crippen LogP contribution is 2.35. The number of halogens is 2. The van der Waals surface area contributed by atoms with Crippen LogP contribution in [0.5, 0.6) is 5.75 Å². The minimum atomic E-state index is -0.714. The largest absolute Gasteiger partial charge is 0.495 e. The molecule has 0 aliphatic carbocycles. The quantitative estimate of drug-likeness (QED) is 0.365. The van der Waals surface area contributed by atoms with Crippen LogP contribution in [0.4, 0.5) is 14.5 Å². The number of carbonyl (C=O) groups excluding carboxylic acids is 1. The highest BCUT2D eigenvalue weighted by atomic mass is 32.2. The molecule has 0 aliphatic heterocycles. The van der Waals surface area contributed by atoms with E-state index in [-0.39, 0.29) is 5.69 Å². The summed E-state index contributed by atoms with van der Waals surface area (Å²) in [7, 11) is 1.57. The lowest BCUT2D eigenvalue weighted by Crippen LogP contribution is -2.23. The van der Waals surface area contributed by atoms with Crippen molar-refractivity contribution in [2.24, 2.45) is 0 Å². The van der Waals surface area contributed by atoms with Gasteiger partial charge in [0.15, 0.2) is 11.0 Å². The number of anilines is 1. The second kappa shape index (κ2) is 9.49. The van der Waals surface area contributed by atoms with E-state index in [2.05, 4.69) is 15.5 Å². The van der Waals surface area contributed by atoms with Gasteiger partial charge in [-0.05, 0) is 42.6 Å². The molecule has 2 aromatic carbocycles. The summed E-state index contributed by atoms with van der Waals surface area (Å²) in [5.41, 5.74) is 0.502. The topological polar surface area (TPSA) is 69.0 Å². The lowest BCUT2D eigenvalue weighted by atomic mass is 10.3. The number of amides is 1. The smallest absolute Gasteiger partial charge is 0.237 e. The fourth-order valence-electron chi connectivity index (χ4n) is 2.98. The number of para-hydroxylation sites is 2. The molecule has 2 heterocycles. The Hall–Kier alpha value is -3.24. The van der Waals surface area contributed by atoms with Crippen LogP contribution in [0.2, 0.25) is 0 Å². The maximum Gasteiger partial charge on any atom is 0.237 e. The first-order valence-electron chi connectivity index (χ1n) is 9.53. The lowest BCUT2D eigenvalue weighted by Gasteiger charge is -2.15. The number of carbonyl (C=O) groups is 1. The third-order valence-corrected chi connectivity index (χ3v) is 6.45. The van der Waals surface area contributed by atoms with E-state index >= 15 is 0 Å². The highest BCUT2D eigenvalue weighted by Gasteiger charge is 2.24. The van der Waals surface area contributed by atoms with Crippen molar-refractivity contribution in [3.05, 3.63) is 71.6 Å². The van der Waals surface area contributed by atoms with Gasteiger partial charge in [-0.25, -0.2) is 8.78 Å². The van der Waals surface area contributed by atoms with E-state index in [0.717, 1.165) is 40.5 Å². The number of hydrogen-bond acceptors (Lipinski definition) is 6. The van der Waals surface area contributed by atoms with E-state index in [4.69, 9.17) is 4.74 Å². The second-order valence-corrected chi connectivity index (χ2v) is 8.92. The fraction of sp³-hybridized carbons (Fsp3) is 0.136. The number of nitrogens with one attached hydrogen (secondary N) is 1. The number of nitrogens with zero attached hydrogens (tertiary/aromatic N) is 3. The Kier molecular flexibility index (Phi) is 6.52. The Morgan fingerprint density at radius 3 is 2.72 bits per heavy atom. The van der Waals surface area contributed by atoms with Crippen molar-refractivity contribution in [1.82, 2.24) is 14.8 Å². The van der Waals surface area contributed by atoms with E-state index in [0.29, 0.717) is 16.7 Å². The maximum atomic E-state index is 13.9. The summed E-state index contributed by atoms with van der Waals surface area (Å²) in [6.45, 7) is 1.66. The first-order chi connectivity index (χ1) is 15.5. The summed E-state index contributed by atoms with van der Waals surface area (Å²) < 4.78 is 34.7. The van der Waals surface area contributed by atoms with Crippen LogP contribution in [0.15, 0.2) is 65.1 Å². The van der Waals surface area contributed by atoms with Gasteiger partial charge in [0.1, 0.15) is 17.4 Å². The molecule has 4 aromatic rings. The van der Waals surface area contributed by atoms with Crippen LogP contribution in [-0.4, -0.2) is 33.0 Å². The highest BCUT2D eigenvalue weighted by molar-refractivity contribution is 8.00. The van der Waals surface area contributed by atoms with E-state index in [1.807, 2.05) is 46.3 Å². The zero-order valence-corrected chi connectivity index (χ0v) is 18.7. The van der Waals surface area contributed by atoms with Crippen LogP contribution in [-0.2, 0) is 4.79 Å². The van der Waals surface area contributed by atoms with Crippen molar-refractivity contribution in [2.45, 2.75) is 17.3 Å². The standard InChI is InChI=1S/C22H18F2N4O2S2/c1-13(21(29)25-16-12-14(23)9-10-15(16)24)32-22-27-26-20(19-8-5-11-31-19)28(22)17-6-3-4-7-18(17)30-2/h3-13H,1-2H3,(H,25,29). The predicted octanol–water partition coefficient (Wildman–Crippen LogP) is 5.40. The van der Waals surface area contributed by atoms with Crippen LogP contribution in [0.25, 0.3) is 16.4 Å². The molecule has 32 heavy (non-hydrogen) atoms. The number of benzene rings is 2. The molecule has 1 amide bonds. The van der Waals surface area contributed by atoms with E-state index in [9.17, 15) is 13.6 Å². The van der Waals surface area contributed by atoms with Crippen LogP contribution in [0.3, 0.4) is 0 Å². The van der Waals surface area contributed by atoms with Crippen LogP contribution >= 0.6 is 23.1 Å². The fourth-order valence-corrected chi connectivity index (χ4v) is 4.54. The average molecular weight is 473 g/mol. The van der Waals surface area contributed by atoms with E-state index in [1.54, 1.807) is 14.0 Å². The zero-order valence-electron chi connectivity index (χ0n) is 17.1. The molecule has 1 atom stereocenters. The van der Waals surface area contributed by atoms with Gasteiger partial charge in [0, 0.05) is 6.07 Å². The molecule has 0 bridgehead atoms. The van der Waals surface area contributed by atoms with Crippen molar-refractivity contribution < 1.29 is 18.3 Å². The molecule has 0 radical (unpaired) electrons. The summed E-state index contributed by atoms with van der Waals surface area (Å²) in [6, 6.07) is 14.2. The van der Waals surface area contributed by atoms with Gasteiger partial charge in [-0.2, -0.15) is 0 Å². The first kappa shape index (κ1) is 22.0. The molecule has 1 unspecified atom stereocenters. The van der Waals surface area contributed by atoms with Gasteiger partial charge < -0.3 is 10.1 Å². The van der Waals surface area contributed by atoms with Gasteiger partial charge in [0.2, 0.25) is 5.91 Å². The summed E-state index contributed by atoms with van der Waals surface area (Å²) in [6.07, 6.45) is 0. The van der Waals surface area contributed by atoms with Gasteiger partial charge in [0.25, 0.3) is 0 Å². The molecule has 2 aromatic heterocycles. The molecule has 0 aliphatic rings. The first-order valence-corrected chi connectivity index (χ1v) is 11.3. The molecule has 164 valence electrons. The molecule has 1 N–H and O–H groups in total. The van der Waals surface area contributed by atoms with Crippen molar-refractivity contribution in [3.8, 4) is 22.1 Å². The summed E-state index contributed by atoms with van der Waals surface area (Å²) in [5.74, 6) is -0.624. The van der Waals surface area contributed by atoms with Crippen LogP contribution < -0.4 is 10.1 Å². The number of aromatic nitrogens is 3. The minimum absolute atomic E-state index is 0.215. The molecule has 6 nitrogen and oxygen atoms in total. The molecule has 0 saturated carbocycles. The van der Waals surface area contributed by atoms with Crippen molar-refractivity contribution >= 4 is 34.7 Å². The van der Waals surface area contributed by atoms with Gasteiger partial charge in [-0.3, -0.25) is 9.36 Å². The maximum absolute atomic E-state index is 13.9. The van der Waals surface area contributed by atoms with E-state index < -0.39 is 22.8 Å². The predicted molar refractivity (Wildman–Crippen MR) is 122 cm³/mol. The summed E-state index contributed by atoms with van der Waals surface area (Å²) >= 11 is 2.66. The Bertz CT molecular complexity index is 1240. The number of thiophene rings is 1. The molecule has 0 fully saturated rings. The van der Waals surface area contributed by atoms with Gasteiger partial charge in [-0.1, -0.05) is 30.0 Å². The van der Waals surface area contributed by atoms with Crippen LogP contribution in [0.1, 0.15) is 6.92 Å². The van der Waals surface area contributed by atoms with Crippen molar-refractivity contribution in [1.29, 1.82) is 0 Å². The van der Waals surface area contributed by atoms with Crippen molar-refractivity contribution in [2.75, 3.05) is 12.4 Å². The SMILES string of the molecule is COc1ccccc1-n1c(SC(C)C(=O)Nc2cc(F)ccc2F)nnc1-c1cccs1. The number of thioether (sulfide) groups is 1. The lowest BCUT2D eigenvalue weighted by molar-refractivity contribution is -0.115. The zero-order chi connectivity index (χ0) is 22.7. The number of rotatable bonds is 7. The molecular formula is C22H18F2N4O2S2. The normalized spacial score (nSPS) is 11.9. The number of ether oxygens (including phenoxy) is 1. The summed E-state index contributed by atoms with van der Waals surface area (Å²) in [4.78, 5) is 13.6. The second-order valence-electron chi connectivity index (χ2n) is 6.66. The van der Waals surface area contributed by atoms with Gasteiger partial charge in [0.05, 0.1) is 28.6 Å². The van der Waals surface area contributed by atoms with Crippen LogP contribution in [0, 0.1) is 11.6 Å². The third kappa shape index (κ3) is 4.51. The van der Waals surface area contributed by atoms with Gasteiger partial charge >= 0.3 is 0 Å². The molecule has 0 spiro atoms. The Morgan fingerprint density at radius 1 is 1.16 bits per heavy atom. The number of methoxy groups -OCH3 is 1. The Morgan fingerprint density at radius 2 is 1.97 bits per heavy atom. The molecule has 10 heteroatoms. The molecule has 0 saturated heterocycles. The molecular weight excluding hydrogens is 454 g/mol. The monoisotopic (exact) mass is 472 g/mol. The average Bonchev–Trinajstić information content (AvgIpc) is 3.46. The number of hydrogen-bond donors (Lipinski definition) is 1. The molecule has 4 rings (SSSR count). The Balaban J connectivity index is 1.66.